The molecule has 126 valence electrons. The lowest BCUT2D eigenvalue weighted by Gasteiger charge is -2.14. The highest BCUT2D eigenvalue weighted by Gasteiger charge is 2.18. The van der Waals surface area contributed by atoms with Crippen LogP contribution in [-0.4, -0.2) is 23.7 Å². The van der Waals surface area contributed by atoms with Crippen molar-refractivity contribution < 1.29 is 14.3 Å². The Bertz CT molecular complexity index is 688. The van der Waals surface area contributed by atoms with Crippen LogP contribution in [0.25, 0.3) is 0 Å². The summed E-state index contributed by atoms with van der Waals surface area (Å²) in [6, 6.07) is 16.9. The quantitative estimate of drug-likeness (QED) is 0.768. The van der Waals surface area contributed by atoms with E-state index in [2.05, 4.69) is 5.32 Å². The lowest BCUT2D eigenvalue weighted by molar-refractivity contribution is -0.115. The first-order valence-electron chi connectivity index (χ1n) is 7.84. The van der Waals surface area contributed by atoms with Crippen LogP contribution >= 0.6 is 11.8 Å². The van der Waals surface area contributed by atoms with Gasteiger partial charge in [0.1, 0.15) is 0 Å². The van der Waals surface area contributed by atoms with Crippen LogP contribution in [0.1, 0.15) is 29.8 Å². The number of anilines is 1. The topological polar surface area (TPSA) is 55.4 Å². The summed E-state index contributed by atoms with van der Waals surface area (Å²) >= 11 is 1.55. The molecule has 0 saturated carbocycles. The number of carbonyl (C=O) groups excluding carboxylic acids is 2. The van der Waals surface area contributed by atoms with Crippen LogP contribution in [-0.2, 0) is 15.3 Å². The molecule has 2 rings (SSSR count). The van der Waals surface area contributed by atoms with Crippen molar-refractivity contribution in [3.63, 3.8) is 0 Å². The molecule has 0 heterocycles. The second kappa shape index (κ2) is 9.13. The van der Waals surface area contributed by atoms with E-state index in [1.807, 2.05) is 37.3 Å². The second-order valence-electron chi connectivity index (χ2n) is 5.19. The number of carbonyl (C=O) groups is 2. The Hall–Kier alpha value is -2.27. The van der Waals surface area contributed by atoms with Gasteiger partial charge in [-0.05, 0) is 31.5 Å². The van der Waals surface area contributed by atoms with Crippen molar-refractivity contribution in [3.8, 4) is 0 Å². The number of para-hydroxylation sites is 1. The van der Waals surface area contributed by atoms with Gasteiger partial charge in [-0.25, -0.2) is 4.79 Å². The zero-order valence-corrected chi connectivity index (χ0v) is 14.6. The molecule has 0 unspecified atom stereocenters. The molecule has 0 aliphatic heterocycles. The normalized spacial score (nSPS) is 11.6. The van der Waals surface area contributed by atoms with Crippen LogP contribution in [0.5, 0.6) is 0 Å². The third-order valence-electron chi connectivity index (χ3n) is 3.39. The van der Waals surface area contributed by atoms with E-state index in [0.717, 1.165) is 5.75 Å². The third-order valence-corrected chi connectivity index (χ3v) is 4.61. The van der Waals surface area contributed by atoms with E-state index in [0.29, 0.717) is 17.9 Å². The fourth-order valence-corrected chi connectivity index (χ4v) is 2.93. The van der Waals surface area contributed by atoms with Crippen molar-refractivity contribution in [2.24, 2.45) is 0 Å². The lowest BCUT2D eigenvalue weighted by Crippen LogP contribution is -2.24. The summed E-state index contributed by atoms with van der Waals surface area (Å²) in [7, 11) is 0. The predicted molar refractivity (Wildman–Crippen MR) is 98.2 cm³/mol. The van der Waals surface area contributed by atoms with E-state index >= 15 is 0 Å². The van der Waals surface area contributed by atoms with Crippen LogP contribution < -0.4 is 5.32 Å². The molecule has 0 aromatic heterocycles. The minimum atomic E-state index is -0.432. The Morgan fingerprint density at radius 3 is 2.46 bits per heavy atom. The summed E-state index contributed by atoms with van der Waals surface area (Å²) in [5.41, 5.74) is 2.02. The Balaban J connectivity index is 1.97. The molecular weight excluding hydrogens is 322 g/mol. The largest absolute Gasteiger partial charge is 0.462 e. The molecule has 5 heteroatoms. The van der Waals surface area contributed by atoms with Gasteiger partial charge in [0.2, 0.25) is 5.91 Å². The molecule has 0 fully saturated rings. The van der Waals surface area contributed by atoms with Gasteiger partial charge in [-0.3, -0.25) is 4.79 Å². The smallest absolute Gasteiger partial charge is 0.340 e. The van der Waals surface area contributed by atoms with Gasteiger partial charge in [-0.1, -0.05) is 42.5 Å². The number of ether oxygens (including phenoxy) is 1. The van der Waals surface area contributed by atoms with Gasteiger partial charge in [-0.2, -0.15) is 0 Å². The first kappa shape index (κ1) is 18.1. The van der Waals surface area contributed by atoms with Crippen LogP contribution in [0.3, 0.4) is 0 Å². The molecule has 0 spiro atoms. The number of thioether (sulfide) groups is 1. The van der Waals surface area contributed by atoms with E-state index in [1.165, 1.54) is 5.56 Å². The Morgan fingerprint density at radius 1 is 1.08 bits per heavy atom. The van der Waals surface area contributed by atoms with Crippen LogP contribution in [0, 0.1) is 0 Å². The van der Waals surface area contributed by atoms with Crippen LogP contribution in [0.15, 0.2) is 54.6 Å². The minimum Gasteiger partial charge on any atom is -0.462 e. The van der Waals surface area contributed by atoms with Crippen molar-refractivity contribution in [1.29, 1.82) is 0 Å². The monoisotopic (exact) mass is 343 g/mol. The van der Waals surface area contributed by atoms with Gasteiger partial charge in [0.25, 0.3) is 0 Å². The Labute approximate surface area is 146 Å². The van der Waals surface area contributed by atoms with Crippen molar-refractivity contribution >= 4 is 29.3 Å². The number of amides is 1. The molecular formula is C19H21NO3S. The highest BCUT2D eigenvalue weighted by atomic mass is 32.2. The van der Waals surface area contributed by atoms with Crippen LogP contribution in [0.2, 0.25) is 0 Å². The van der Waals surface area contributed by atoms with Crippen LogP contribution in [0.4, 0.5) is 5.69 Å². The van der Waals surface area contributed by atoms with E-state index in [9.17, 15) is 9.59 Å². The molecule has 0 aliphatic rings. The van der Waals surface area contributed by atoms with Gasteiger partial charge in [0.05, 0.1) is 23.1 Å². The molecule has 24 heavy (non-hydrogen) atoms. The van der Waals surface area contributed by atoms with Crippen molar-refractivity contribution in [1.82, 2.24) is 0 Å². The van der Waals surface area contributed by atoms with E-state index in [4.69, 9.17) is 4.74 Å². The zero-order valence-electron chi connectivity index (χ0n) is 13.8. The zero-order chi connectivity index (χ0) is 17.4. The lowest BCUT2D eigenvalue weighted by atomic mass is 10.1. The number of nitrogens with one attached hydrogen (secondary N) is 1. The minimum absolute atomic E-state index is 0.132. The third kappa shape index (κ3) is 5.13. The summed E-state index contributed by atoms with van der Waals surface area (Å²) in [6.45, 7) is 3.90. The molecule has 0 bridgehead atoms. The maximum atomic E-state index is 12.4. The van der Waals surface area contributed by atoms with E-state index in [1.54, 1.807) is 43.0 Å². The average molecular weight is 343 g/mol. The molecule has 4 nitrogen and oxygen atoms in total. The van der Waals surface area contributed by atoms with Crippen molar-refractivity contribution in [2.75, 3.05) is 11.9 Å². The molecule has 0 radical (unpaired) electrons. The highest BCUT2D eigenvalue weighted by molar-refractivity contribution is 7.99. The number of rotatable bonds is 7. The molecule has 1 atom stereocenters. The molecule has 2 aromatic carbocycles. The summed E-state index contributed by atoms with van der Waals surface area (Å²) in [4.78, 5) is 24.3. The van der Waals surface area contributed by atoms with Gasteiger partial charge < -0.3 is 10.1 Å². The van der Waals surface area contributed by atoms with E-state index < -0.39 is 5.97 Å². The van der Waals surface area contributed by atoms with Gasteiger partial charge in [0.15, 0.2) is 0 Å². The SMILES string of the molecule is CCOC(=O)c1ccccc1NC(=O)[C@@H](C)SCc1ccccc1. The Kier molecular flexibility index (Phi) is 6.88. The predicted octanol–water partition coefficient (Wildman–Crippen LogP) is 4.12. The number of hydrogen-bond acceptors (Lipinski definition) is 4. The fraction of sp³-hybridized carbons (Fsp3) is 0.263. The second-order valence-corrected chi connectivity index (χ2v) is 6.52. The number of hydrogen-bond donors (Lipinski definition) is 1. The maximum absolute atomic E-state index is 12.4. The maximum Gasteiger partial charge on any atom is 0.340 e. The standard InChI is InChI=1S/C19H21NO3S/c1-3-23-19(22)16-11-7-8-12-17(16)20-18(21)14(2)24-13-15-9-5-4-6-10-15/h4-12,14H,3,13H2,1-2H3,(H,20,21)/t14-/m1/s1. The van der Waals surface area contributed by atoms with Gasteiger partial charge >= 0.3 is 5.97 Å². The molecule has 2 aromatic rings. The van der Waals surface area contributed by atoms with Crippen molar-refractivity contribution in [3.05, 3.63) is 65.7 Å². The number of esters is 1. The summed E-state index contributed by atoms with van der Waals surface area (Å²) in [5, 5.41) is 2.59. The molecule has 0 aliphatic carbocycles. The summed E-state index contributed by atoms with van der Waals surface area (Å²) in [6.07, 6.45) is 0. The first-order chi connectivity index (χ1) is 11.6. The van der Waals surface area contributed by atoms with E-state index in [-0.39, 0.29) is 11.2 Å². The van der Waals surface area contributed by atoms with Crippen molar-refractivity contribution in [2.45, 2.75) is 24.9 Å². The molecule has 0 saturated heterocycles. The Morgan fingerprint density at radius 2 is 1.75 bits per heavy atom. The molecule has 1 amide bonds. The number of benzene rings is 2. The average Bonchev–Trinajstić information content (AvgIpc) is 2.61. The van der Waals surface area contributed by atoms with Gasteiger partial charge in [0, 0.05) is 5.75 Å². The highest BCUT2D eigenvalue weighted by Crippen LogP contribution is 2.21. The fourth-order valence-electron chi connectivity index (χ4n) is 2.08. The summed E-state index contributed by atoms with van der Waals surface area (Å²) < 4.78 is 5.02. The molecule has 1 N–H and O–H groups in total. The first-order valence-corrected chi connectivity index (χ1v) is 8.89. The van der Waals surface area contributed by atoms with Gasteiger partial charge in [-0.15, -0.1) is 11.8 Å². The summed E-state index contributed by atoms with van der Waals surface area (Å²) in [5.74, 6) is 0.195.